The predicted octanol–water partition coefficient (Wildman–Crippen LogP) is 3.20. The Labute approximate surface area is 143 Å². The van der Waals surface area contributed by atoms with Gasteiger partial charge in [0.15, 0.2) is 0 Å². The minimum atomic E-state index is -0.148. The number of carbonyl (C=O) groups is 1. The van der Waals surface area contributed by atoms with Gasteiger partial charge in [-0.1, -0.05) is 37.3 Å². The summed E-state index contributed by atoms with van der Waals surface area (Å²) in [4.78, 5) is 23.3. The van der Waals surface area contributed by atoms with Crippen LogP contribution < -0.4 is 10.2 Å². The first-order valence-corrected chi connectivity index (χ1v) is 8.56. The number of aromatic nitrogens is 2. The Balaban J connectivity index is 1.61. The lowest BCUT2D eigenvalue weighted by molar-refractivity contribution is 0.0939. The molecule has 1 aromatic heterocycles. The van der Waals surface area contributed by atoms with E-state index in [1.165, 1.54) is 12.8 Å². The summed E-state index contributed by atoms with van der Waals surface area (Å²) in [5.41, 5.74) is 1.57. The Morgan fingerprint density at radius 3 is 2.42 bits per heavy atom. The molecule has 0 radical (unpaired) electrons. The molecule has 0 spiro atoms. The molecule has 2 aromatic rings. The highest BCUT2D eigenvalue weighted by Crippen LogP contribution is 2.19. The van der Waals surface area contributed by atoms with Crippen LogP contribution in [0.4, 0.5) is 5.95 Å². The normalized spacial score (nSPS) is 16.7. The van der Waals surface area contributed by atoms with Gasteiger partial charge in [0.1, 0.15) is 0 Å². The van der Waals surface area contributed by atoms with Gasteiger partial charge in [-0.05, 0) is 31.2 Å². The van der Waals surface area contributed by atoms with Crippen molar-refractivity contribution in [3.63, 3.8) is 0 Å². The first-order valence-electron chi connectivity index (χ1n) is 8.56. The summed E-state index contributed by atoms with van der Waals surface area (Å²) in [6.45, 7) is 6.21. The van der Waals surface area contributed by atoms with Crippen molar-refractivity contribution in [3.05, 3.63) is 53.9 Å². The average Bonchev–Trinajstić information content (AvgIpc) is 2.63. The lowest BCUT2D eigenvalue weighted by Gasteiger charge is -2.30. The molecule has 1 aliphatic rings. The Morgan fingerprint density at radius 1 is 1.17 bits per heavy atom. The van der Waals surface area contributed by atoms with Gasteiger partial charge in [-0.2, -0.15) is 0 Å². The number of carbonyl (C=O) groups excluding carboxylic acids is 1. The molecule has 1 amide bonds. The van der Waals surface area contributed by atoms with Crippen molar-refractivity contribution in [2.24, 2.45) is 5.92 Å². The summed E-state index contributed by atoms with van der Waals surface area (Å²) in [5, 5.41) is 2.98. The quantitative estimate of drug-likeness (QED) is 0.938. The van der Waals surface area contributed by atoms with Crippen LogP contribution in [0.2, 0.25) is 0 Å². The minimum Gasteiger partial charge on any atom is -0.345 e. The van der Waals surface area contributed by atoms with E-state index >= 15 is 0 Å². The molecule has 3 rings (SSSR count). The number of hydrogen-bond acceptors (Lipinski definition) is 4. The van der Waals surface area contributed by atoms with E-state index in [9.17, 15) is 4.79 Å². The molecule has 5 heteroatoms. The van der Waals surface area contributed by atoms with E-state index in [0.29, 0.717) is 5.56 Å². The number of benzene rings is 1. The smallest absolute Gasteiger partial charge is 0.254 e. The molecule has 1 N–H and O–H groups in total. The van der Waals surface area contributed by atoms with Crippen LogP contribution >= 0.6 is 0 Å². The number of hydrogen-bond donors (Lipinski definition) is 1. The largest absolute Gasteiger partial charge is 0.345 e. The van der Waals surface area contributed by atoms with E-state index in [1.54, 1.807) is 12.4 Å². The number of piperidine rings is 1. The molecule has 0 bridgehead atoms. The van der Waals surface area contributed by atoms with Crippen molar-refractivity contribution in [3.8, 4) is 0 Å². The van der Waals surface area contributed by atoms with Crippen molar-refractivity contribution in [1.82, 2.24) is 15.3 Å². The third-order valence-corrected chi connectivity index (χ3v) is 4.61. The van der Waals surface area contributed by atoms with Gasteiger partial charge in [0.25, 0.3) is 5.91 Å². The molecule has 1 saturated heterocycles. The van der Waals surface area contributed by atoms with Gasteiger partial charge in [-0.15, -0.1) is 0 Å². The van der Waals surface area contributed by atoms with Crippen molar-refractivity contribution in [2.45, 2.75) is 32.7 Å². The van der Waals surface area contributed by atoms with Crippen molar-refractivity contribution in [2.75, 3.05) is 18.0 Å². The van der Waals surface area contributed by atoms with E-state index < -0.39 is 0 Å². The molecule has 24 heavy (non-hydrogen) atoms. The fraction of sp³-hybridized carbons (Fsp3) is 0.421. The van der Waals surface area contributed by atoms with Crippen molar-refractivity contribution >= 4 is 11.9 Å². The van der Waals surface area contributed by atoms with E-state index in [-0.39, 0.29) is 11.9 Å². The van der Waals surface area contributed by atoms with Crippen LogP contribution in [0.1, 0.15) is 48.7 Å². The van der Waals surface area contributed by atoms with Gasteiger partial charge in [0.05, 0.1) is 11.6 Å². The number of rotatable bonds is 4. The fourth-order valence-corrected chi connectivity index (χ4v) is 2.92. The number of anilines is 1. The molecule has 126 valence electrons. The minimum absolute atomic E-state index is 0.0537. The number of amides is 1. The van der Waals surface area contributed by atoms with E-state index in [2.05, 4.69) is 27.1 Å². The van der Waals surface area contributed by atoms with Crippen LogP contribution in [0.5, 0.6) is 0 Å². The second-order valence-electron chi connectivity index (χ2n) is 6.55. The summed E-state index contributed by atoms with van der Waals surface area (Å²) in [6.07, 6.45) is 5.57. The maximum Gasteiger partial charge on any atom is 0.254 e. The molecular weight excluding hydrogens is 300 g/mol. The Bertz CT molecular complexity index is 664. The molecule has 1 fully saturated rings. The molecule has 1 aromatic carbocycles. The SMILES string of the molecule is CC1CCN(c2ncc(C(=O)NC(C)c3ccccc3)cn2)CC1. The molecular formula is C19H24N4O. The highest BCUT2D eigenvalue weighted by Gasteiger charge is 2.18. The van der Waals surface area contributed by atoms with E-state index in [4.69, 9.17) is 0 Å². The number of nitrogens with one attached hydrogen (secondary N) is 1. The van der Waals surface area contributed by atoms with Gasteiger partial charge in [-0.3, -0.25) is 4.79 Å². The predicted molar refractivity (Wildman–Crippen MR) is 95.0 cm³/mol. The Hall–Kier alpha value is -2.43. The van der Waals surface area contributed by atoms with Gasteiger partial charge >= 0.3 is 0 Å². The maximum absolute atomic E-state index is 12.4. The summed E-state index contributed by atoms with van der Waals surface area (Å²) in [7, 11) is 0. The molecule has 1 unspecified atom stereocenters. The van der Waals surface area contributed by atoms with E-state index in [1.807, 2.05) is 37.3 Å². The van der Waals surface area contributed by atoms with Gasteiger partial charge in [0, 0.05) is 25.5 Å². The average molecular weight is 324 g/mol. The summed E-state index contributed by atoms with van der Waals surface area (Å²) < 4.78 is 0. The summed E-state index contributed by atoms with van der Waals surface area (Å²) in [6, 6.07) is 9.85. The zero-order chi connectivity index (χ0) is 16.9. The Kier molecular flexibility index (Phi) is 5.08. The molecule has 0 saturated carbocycles. The Morgan fingerprint density at radius 2 is 1.79 bits per heavy atom. The van der Waals surface area contributed by atoms with Crippen LogP contribution in [0.15, 0.2) is 42.7 Å². The monoisotopic (exact) mass is 324 g/mol. The molecule has 1 aliphatic heterocycles. The van der Waals surface area contributed by atoms with Crippen molar-refractivity contribution in [1.29, 1.82) is 0 Å². The standard InChI is InChI=1S/C19H24N4O/c1-14-8-10-23(11-9-14)19-20-12-17(13-21-19)18(24)22-15(2)16-6-4-3-5-7-16/h3-7,12-15H,8-11H2,1-2H3,(H,22,24). The highest BCUT2D eigenvalue weighted by atomic mass is 16.1. The summed E-state index contributed by atoms with van der Waals surface area (Å²) >= 11 is 0. The molecule has 2 heterocycles. The second-order valence-corrected chi connectivity index (χ2v) is 6.55. The third-order valence-electron chi connectivity index (χ3n) is 4.61. The zero-order valence-electron chi connectivity index (χ0n) is 14.3. The lowest BCUT2D eigenvalue weighted by Crippen LogP contribution is -2.34. The lowest BCUT2D eigenvalue weighted by atomic mass is 10.00. The third kappa shape index (κ3) is 3.91. The fourth-order valence-electron chi connectivity index (χ4n) is 2.92. The van der Waals surface area contributed by atoms with Gasteiger partial charge in [-0.25, -0.2) is 9.97 Å². The molecule has 0 aliphatic carbocycles. The van der Waals surface area contributed by atoms with Gasteiger partial charge < -0.3 is 10.2 Å². The first kappa shape index (κ1) is 16.4. The van der Waals surface area contributed by atoms with Crippen LogP contribution in [0.3, 0.4) is 0 Å². The van der Waals surface area contributed by atoms with E-state index in [0.717, 1.165) is 30.5 Å². The van der Waals surface area contributed by atoms with Crippen LogP contribution in [-0.2, 0) is 0 Å². The second kappa shape index (κ2) is 7.43. The topological polar surface area (TPSA) is 58.1 Å². The van der Waals surface area contributed by atoms with Crippen LogP contribution in [-0.4, -0.2) is 29.0 Å². The van der Waals surface area contributed by atoms with Crippen molar-refractivity contribution < 1.29 is 4.79 Å². The van der Waals surface area contributed by atoms with Crippen LogP contribution in [0, 0.1) is 5.92 Å². The van der Waals surface area contributed by atoms with Gasteiger partial charge in [0.2, 0.25) is 5.95 Å². The highest BCUT2D eigenvalue weighted by molar-refractivity contribution is 5.93. The van der Waals surface area contributed by atoms with Crippen LogP contribution in [0.25, 0.3) is 0 Å². The number of nitrogens with zero attached hydrogens (tertiary/aromatic N) is 3. The molecule has 5 nitrogen and oxygen atoms in total. The zero-order valence-corrected chi connectivity index (χ0v) is 14.3. The maximum atomic E-state index is 12.4. The first-order chi connectivity index (χ1) is 11.6. The summed E-state index contributed by atoms with van der Waals surface area (Å²) in [5.74, 6) is 1.34. The molecule has 1 atom stereocenters.